The maximum absolute atomic E-state index is 5.77. The highest BCUT2D eigenvalue weighted by molar-refractivity contribution is 5.90. The third-order valence-electron chi connectivity index (χ3n) is 1.83. The maximum Gasteiger partial charge on any atom is 0.0687 e. The Morgan fingerprint density at radius 3 is 2.62 bits per heavy atom. The van der Waals surface area contributed by atoms with E-state index in [0.717, 1.165) is 11.2 Å². The van der Waals surface area contributed by atoms with Crippen LogP contribution in [0.2, 0.25) is 0 Å². The summed E-state index contributed by atoms with van der Waals surface area (Å²) in [6, 6.07) is 6.11. The number of fused-ring (bicyclic) bond motifs is 1. The molecule has 1 aromatic carbocycles. The molecule has 0 radical (unpaired) electrons. The predicted molar refractivity (Wildman–Crippen MR) is 58.8 cm³/mol. The van der Waals surface area contributed by atoms with E-state index >= 15 is 0 Å². The molecule has 1 heterocycles. The third-order valence-corrected chi connectivity index (χ3v) is 1.83. The Morgan fingerprint density at radius 1 is 1.23 bits per heavy atom. The summed E-state index contributed by atoms with van der Waals surface area (Å²) in [5, 5.41) is 1.18. The van der Waals surface area contributed by atoms with Crippen LogP contribution in [0.4, 0.5) is 5.69 Å². The first-order valence-corrected chi connectivity index (χ1v) is 4.60. The molecule has 70 valence electrons. The number of rotatable bonds is 0. The molecule has 2 nitrogen and oxygen atoms in total. The molecule has 0 unspecified atom stereocenters. The van der Waals surface area contributed by atoms with Crippen molar-refractivity contribution >= 4 is 16.6 Å². The quantitative estimate of drug-likeness (QED) is 0.595. The van der Waals surface area contributed by atoms with E-state index in [1.807, 2.05) is 39.1 Å². The van der Waals surface area contributed by atoms with Crippen molar-refractivity contribution < 1.29 is 0 Å². The van der Waals surface area contributed by atoms with Crippen molar-refractivity contribution in [2.75, 3.05) is 5.73 Å². The zero-order valence-electron chi connectivity index (χ0n) is 8.39. The average molecular weight is 176 g/mol. The lowest BCUT2D eigenvalue weighted by Gasteiger charge is -1.97. The zero-order valence-corrected chi connectivity index (χ0v) is 8.39. The topological polar surface area (TPSA) is 41.8 Å². The minimum absolute atomic E-state index is 0.824. The number of hydrogen-bond donors (Lipinski definition) is 2. The number of aromatic amines is 1. The summed E-state index contributed by atoms with van der Waals surface area (Å²) in [4.78, 5) is 3.09. The van der Waals surface area contributed by atoms with E-state index in [0.29, 0.717) is 0 Å². The molecule has 0 saturated heterocycles. The molecule has 2 aromatic rings. The molecule has 0 amide bonds. The smallest absolute Gasteiger partial charge is 0.0687 e. The first kappa shape index (κ1) is 9.65. The molecule has 13 heavy (non-hydrogen) atoms. The Hall–Kier alpha value is -1.44. The first-order chi connectivity index (χ1) is 6.27. The first-order valence-electron chi connectivity index (χ1n) is 4.60. The Bertz CT molecular complexity index is 388. The highest BCUT2D eigenvalue weighted by Gasteiger charge is 1.98. The van der Waals surface area contributed by atoms with Crippen molar-refractivity contribution in [2.45, 2.75) is 20.8 Å². The highest BCUT2D eigenvalue weighted by Crippen LogP contribution is 2.20. The fraction of sp³-hybridized carbons (Fsp3) is 0.273. The second-order valence-corrected chi connectivity index (χ2v) is 2.80. The molecule has 0 aliphatic rings. The summed E-state index contributed by atoms with van der Waals surface area (Å²) in [7, 11) is 0. The summed E-state index contributed by atoms with van der Waals surface area (Å²) in [5.41, 5.74) is 8.84. The molecule has 0 aliphatic carbocycles. The number of nitrogens with one attached hydrogen (secondary N) is 1. The van der Waals surface area contributed by atoms with Crippen LogP contribution in [0.5, 0.6) is 0 Å². The van der Waals surface area contributed by atoms with Gasteiger partial charge in [-0.15, -0.1) is 0 Å². The SMILES string of the molecule is CC.Cc1cc(N)c2[nH]ccc2c1. The van der Waals surface area contributed by atoms with Crippen LogP contribution in [-0.4, -0.2) is 4.98 Å². The minimum atomic E-state index is 0.824. The van der Waals surface area contributed by atoms with Gasteiger partial charge in [0.05, 0.1) is 11.2 Å². The van der Waals surface area contributed by atoms with Gasteiger partial charge in [0.2, 0.25) is 0 Å². The second kappa shape index (κ2) is 3.99. The molecule has 0 aliphatic heterocycles. The van der Waals surface area contributed by atoms with Gasteiger partial charge in [0.15, 0.2) is 0 Å². The Morgan fingerprint density at radius 2 is 1.92 bits per heavy atom. The van der Waals surface area contributed by atoms with Crippen LogP contribution in [0.3, 0.4) is 0 Å². The van der Waals surface area contributed by atoms with Crippen LogP contribution in [0.25, 0.3) is 10.9 Å². The molecular formula is C11H16N2. The van der Waals surface area contributed by atoms with E-state index in [-0.39, 0.29) is 0 Å². The molecule has 1 aromatic heterocycles. The third kappa shape index (κ3) is 1.83. The lowest BCUT2D eigenvalue weighted by Crippen LogP contribution is -1.86. The van der Waals surface area contributed by atoms with Crippen LogP contribution in [0.15, 0.2) is 24.4 Å². The Balaban J connectivity index is 0.000000396. The van der Waals surface area contributed by atoms with Crippen LogP contribution >= 0.6 is 0 Å². The summed E-state index contributed by atoms with van der Waals surface area (Å²) < 4.78 is 0. The molecule has 0 spiro atoms. The monoisotopic (exact) mass is 176 g/mol. The fourth-order valence-electron chi connectivity index (χ4n) is 1.36. The van der Waals surface area contributed by atoms with Gasteiger partial charge in [-0.05, 0) is 30.7 Å². The van der Waals surface area contributed by atoms with Crippen molar-refractivity contribution in [1.82, 2.24) is 4.98 Å². The van der Waals surface area contributed by atoms with Gasteiger partial charge in [-0.1, -0.05) is 13.8 Å². The fourth-order valence-corrected chi connectivity index (χ4v) is 1.36. The van der Waals surface area contributed by atoms with Crippen molar-refractivity contribution in [3.05, 3.63) is 30.0 Å². The number of nitrogens with two attached hydrogens (primary N) is 1. The van der Waals surface area contributed by atoms with E-state index in [1.54, 1.807) is 0 Å². The van der Waals surface area contributed by atoms with Gasteiger partial charge in [-0.2, -0.15) is 0 Å². The van der Waals surface area contributed by atoms with Crippen LogP contribution < -0.4 is 5.73 Å². The molecule has 3 N–H and O–H groups in total. The van der Waals surface area contributed by atoms with Crippen molar-refractivity contribution in [3.8, 4) is 0 Å². The molecule has 0 fully saturated rings. The number of aryl methyl sites for hydroxylation is 1. The Labute approximate surface area is 78.8 Å². The minimum Gasteiger partial charge on any atom is -0.397 e. The van der Waals surface area contributed by atoms with Crippen molar-refractivity contribution in [3.63, 3.8) is 0 Å². The number of H-pyrrole nitrogens is 1. The molecule has 2 heteroatoms. The van der Waals surface area contributed by atoms with Gasteiger partial charge >= 0.3 is 0 Å². The molecule has 0 bridgehead atoms. The van der Waals surface area contributed by atoms with Gasteiger partial charge in [-0.3, -0.25) is 0 Å². The molecule has 0 saturated carbocycles. The lowest BCUT2D eigenvalue weighted by molar-refractivity contribution is 1.46. The van der Waals surface area contributed by atoms with Crippen LogP contribution in [-0.2, 0) is 0 Å². The van der Waals surface area contributed by atoms with Crippen molar-refractivity contribution in [2.24, 2.45) is 0 Å². The molecular weight excluding hydrogens is 160 g/mol. The summed E-state index contributed by atoms with van der Waals surface area (Å²) >= 11 is 0. The van der Waals surface area contributed by atoms with Gasteiger partial charge in [0, 0.05) is 11.6 Å². The number of nitrogen functional groups attached to an aromatic ring is 1. The van der Waals surface area contributed by atoms with E-state index in [1.165, 1.54) is 10.9 Å². The summed E-state index contributed by atoms with van der Waals surface area (Å²) in [6.45, 7) is 6.04. The van der Waals surface area contributed by atoms with Crippen LogP contribution in [0.1, 0.15) is 19.4 Å². The van der Waals surface area contributed by atoms with Crippen LogP contribution in [0, 0.1) is 6.92 Å². The van der Waals surface area contributed by atoms with Gasteiger partial charge < -0.3 is 10.7 Å². The molecule has 2 rings (SSSR count). The Kier molecular flexibility index (Phi) is 2.96. The van der Waals surface area contributed by atoms with E-state index in [9.17, 15) is 0 Å². The van der Waals surface area contributed by atoms with Gasteiger partial charge in [0.25, 0.3) is 0 Å². The zero-order chi connectivity index (χ0) is 9.84. The average Bonchev–Trinajstić information content (AvgIpc) is 2.55. The van der Waals surface area contributed by atoms with Crippen molar-refractivity contribution in [1.29, 1.82) is 0 Å². The normalized spacial score (nSPS) is 9.46. The maximum atomic E-state index is 5.77. The molecule has 0 atom stereocenters. The van der Waals surface area contributed by atoms with Gasteiger partial charge in [-0.25, -0.2) is 0 Å². The van der Waals surface area contributed by atoms with E-state index < -0.39 is 0 Å². The number of aromatic nitrogens is 1. The number of anilines is 1. The second-order valence-electron chi connectivity index (χ2n) is 2.80. The summed E-state index contributed by atoms with van der Waals surface area (Å²) in [6.07, 6.45) is 1.90. The highest BCUT2D eigenvalue weighted by atomic mass is 14.7. The number of benzene rings is 1. The number of hydrogen-bond acceptors (Lipinski definition) is 1. The summed E-state index contributed by atoms with van der Waals surface area (Å²) in [5.74, 6) is 0. The standard InChI is InChI=1S/C9H10N2.C2H6/c1-6-4-7-2-3-11-9(7)8(10)5-6;1-2/h2-5,11H,10H2,1H3;1-2H3. The predicted octanol–water partition coefficient (Wildman–Crippen LogP) is 3.08. The largest absolute Gasteiger partial charge is 0.397 e. The van der Waals surface area contributed by atoms with Gasteiger partial charge in [0.1, 0.15) is 0 Å². The van der Waals surface area contributed by atoms with E-state index in [2.05, 4.69) is 11.1 Å². The van der Waals surface area contributed by atoms with E-state index in [4.69, 9.17) is 5.73 Å². The lowest BCUT2D eigenvalue weighted by atomic mass is 10.1.